The smallest absolute Gasteiger partial charge is 0.273 e. The molecule has 0 aliphatic rings. The van der Waals surface area contributed by atoms with Crippen LogP contribution in [-0.4, -0.2) is 24.0 Å². The highest BCUT2D eigenvalue weighted by Crippen LogP contribution is 2.29. The van der Waals surface area contributed by atoms with Crippen LogP contribution in [0.15, 0.2) is 42.5 Å². The van der Waals surface area contributed by atoms with Gasteiger partial charge in [0.15, 0.2) is 0 Å². The number of para-hydroxylation sites is 1. The van der Waals surface area contributed by atoms with E-state index in [1.54, 1.807) is 6.92 Å². The van der Waals surface area contributed by atoms with Crippen LogP contribution in [0.3, 0.4) is 0 Å². The SMILES string of the molecule is CCc1ccccc1N[C@@H](C)C(=O)Nc1ccc([N+](=O)[O-])cc1OC. The number of carbonyl (C=O) groups excluding carboxylic acids is 1. The van der Waals surface area contributed by atoms with Gasteiger partial charge >= 0.3 is 0 Å². The van der Waals surface area contributed by atoms with E-state index < -0.39 is 11.0 Å². The average Bonchev–Trinajstić information content (AvgIpc) is 2.62. The topological polar surface area (TPSA) is 93.5 Å². The molecule has 0 aromatic heterocycles. The van der Waals surface area contributed by atoms with E-state index in [0.29, 0.717) is 5.69 Å². The Morgan fingerprint density at radius 2 is 1.96 bits per heavy atom. The molecule has 0 spiro atoms. The number of ether oxygens (including phenoxy) is 1. The van der Waals surface area contributed by atoms with Crippen LogP contribution in [0.2, 0.25) is 0 Å². The molecule has 0 unspecified atom stereocenters. The molecule has 2 aromatic rings. The zero-order valence-electron chi connectivity index (χ0n) is 14.4. The van der Waals surface area contributed by atoms with E-state index in [9.17, 15) is 14.9 Å². The first-order valence-corrected chi connectivity index (χ1v) is 7.94. The van der Waals surface area contributed by atoms with Crippen LogP contribution < -0.4 is 15.4 Å². The van der Waals surface area contributed by atoms with Crippen molar-refractivity contribution in [2.24, 2.45) is 0 Å². The number of amides is 1. The molecule has 0 saturated heterocycles. The number of carbonyl (C=O) groups is 1. The molecule has 25 heavy (non-hydrogen) atoms. The largest absolute Gasteiger partial charge is 0.494 e. The molecule has 2 rings (SSSR count). The lowest BCUT2D eigenvalue weighted by atomic mass is 10.1. The predicted octanol–water partition coefficient (Wildman–Crippen LogP) is 3.60. The van der Waals surface area contributed by atoms with Crippen molar-refractivity contribution in [1.29, 1.82) is 0 Å². The molecule has 132 valence electrons. The Bertz CT molecular complexity index is 777. The van der Waals surface area contributed by atoms with Gasteiger partial charge < -0.3 is 15.4 Å². The van der Waals surface area contributed by atoms with Crippen LogP contribution in [0.1, 0.15) is 19.4 Å². The molecular formula is C18H21N3O4. The molecule has 0 saturated carbocycles. The molecule has 7 heteroatoms. The lowest BCUT2D eigenvalue weighted by Gasteiger charge is -2.18. The Morgan fingerprint density at radius 3 is 2.60 bits per heavy atom. The van der Waals surface area contributed by atoms with Gasteiger partial charge in [-0.25, -0.2) is 0 Å². The van der Waals surface area contributed by atoms with Crippen molar-refractivity contribution in [3.8, 4) is 5.75 Å². The number of nitro benzene ring substituents is 1. The first-order valence-electron chi connectivity index (χ1n) is 7.94. The highest BCUT2D eigenvalue weighted by molar-refractivity contribution is 5.97. The van der Waals surface area contributed by atoms with Gasteiger partial charge in [0.1, 0.15) is 11.8 Å². The van der Waals surface area contributed by atoms with Gasteiger partial charge in [0.05, 0.1) is 23.8 Å². The van der Waals surface area contributed by atoms with E-state index in [4.69, 9.17) is 4.74 Å². The Kier molecular flexibility index (Phi) is 5.94. The Hall–Kier alpha value is -3.09. The monoisotopic (exact) mass is 343 g/mol. The number of hydrogen-bond acceptors (Lipinski definition) is 5. The first-order chi connectivity index (χ1) is 12.0. The average molecular weight is 343 g/mol. The predicted molar refractivity (Wildman–Crippen MR) is 97.2 cm³/mol. The number of aryl methyl sites for hydroxylation is 1. The van der Waals surface area contributed by atoms with E-state index >= 15 is 0 Å². The molecule has 7 nitrogen and oxygen atoms in total. The summed E-state index contributed by atoms with van der Waals surface area (Å²) in [5.41, 5.74) is 2.31. The number of nitrogens with zero attached hydrogens (tertiary/aromatic N) is 1. The Morgan fingerprint density at radius 1 is 1.24 bits per heavy atom. The standard InChI is InChI=1S/C18H21N3O4/c1-4-13-7-5-6-8-15(13)19-12(2)18(22)20-16-10-9-14(21(23)24)11-17(16)25-3/h5-12,19H,4H2,1-3H3,(H,20,22)/t12-/m0/s1. The number of non-ortho nitro benzene ring substituents is 1. The van der Waals surface area contributed by atoms with Gasteiger partial charge in [-0.05, 0) is 31.0 Å². The third kappa shape index (κ3) is 4.47. The number of anilines is 2. The molecule has 0 heterocycles. The minimum atomic E-state index is -0.514. The van der Waals surface area contributed by atoms with Crippen LogP contribution in [-0.2, 0) is 11.2 Å². The van der Waals surface area contributed by atoms with Gasteiger partial charge in [-0.3, -0.25) is 14.9 Å². The van der Waals surface area contributed by atoms with Crippen molar-refractivity contribution in [3.05, 3.63) is 58.1 Å². The minimum absolute atomic E-state index is 0.0992. The van der Waals surface area contributed by atoms with E-state index in [-0.39, 0.29) is 17.3 Å². The number of methoxy groups -OCH3 is 1. The van der Waals surface area contributed by atoms with Crippen LogP contribution in [0, 0.1) is 10.1 Å². The summed E-state index contributed by atoms with van der Waals surface area (Å²) >= 11 is 0. The maximum atomic E-state index is 12.4. The maximum Gasteiger partial charge on any atom is 0.273 e. The highest BCUT2D eigenvalue weighted by Gasteiger charge is 2.17. The molecule has 1 atom stereocenters. The van der Waals surface area contributed by atoms with E-state index in [1.165, 1.54) is 25.3 Å². The number of nitro groups is 1. The molecule has 0 aliphatic heterocycles. The van der Waals surface area contributed by atoms with Crippen LogP contribution in [0.25, 0.3) is 0 Å². The third-order valence-electron chi connectivity index (χ3n) is 3.82. The normalized spacial score (nSPS) is 11.5. The van der Waals surface area contributed by atoms with E-state index in [1.807, 2.05) is 31.2 Å². The minimum Gasteiger partial charge on any atom is -0.494 e. The van der Waals surface area contributed by atoms with Gasteiger partial charge in [-0.15, -0.1) is 0 Å². The number of rotatable bonds is 7. The fraction of sp³-hybridized carbons (Fsp3) is 0.278. The summed E-state index contributed by atoms with van der Waals surface area (Å²) < 4.78 is 5.13. The van der Waals surface area contributed by atoms with Crippen molar-refractivity contribution in [3.63, 3.8) is 0 Å². The van der Waals surface area contributed by atoms with Gasteiger partial charge in [0.25, 0.3) is 5.69 Å². The van der Waals surface area contributed by atoms with Gasteiger partial charge in [-0.1, -0.05) is 25.1 Å². The fourth-order valence-electron chi connectivity index (χ4n) is 2.41. The van der Waals surface area contributed by atoms with Crippen molar-refractivity contribution in [2.45, 2.75) is 26.3 Å². The molecule has 0 bridgehead atoms. The molecule has 0 fully saturated rings. The van der Waals surface area contributed by atoms with Gasteiger partial charge in [0.2, 0.25) is 5.91 Å². The van der Waals surface area contributed by atoms with E-state index in [2.05, 4.69) is 10.6 Å². The van der Waals surface area contributed by atoms with Crippen molar-refractivity contribution in [1.82, 2.24) is 0 Å². The Balaban J connectivity index is 2.12. The summed E-state index contributed by atoms with van der Waals surface area (Å²) in [7, 11) is 1.40. The highest BCUT2D eigenvalue weighted by atomic mass is 16.6. The third-order valence-corrected chi connectivity index (χ3v) is 3.82. The molecule has 0 aliphatic carbocycles. The van der Waals surface area contributed by atoms with Crippen LogP contribution in [0.5, 0.6) is 5.75 Å². The summed E-state index contributed by atoms with van der Waals surface area (Å²) in [5.74, 6) is -0.0261. The second kappa shape index (κ2) is 8.14. The van der Waals surface area contributed by atoms with E-state index in [0.717, 1.165) is 17.7 Å². The molecule has 2 aromatic carbocycles. The zero-order valence-corrected chi connectivity index (χ0v) is 14.4. The summed E-state index contributed by atoms with van der Waals surface area (Å²) in [4.78, 5) is 22.8. The summed E-state index contributed by atoms with van der Waals surface area (Å²) in [5, 5.41) is 16.8. The number of nitrogens with one attached hydrogen (secondary N) is 2. The summed E-state index contributed by atoms with van der Waals surface area (Å²) in [6.07, 6.45) is 0.855. The van der Waals surface area contributed by atoms with Gasteiger partial charge in [-0.2, -0.15) is 0 Å². The van der Waals surface area contributed by atoms with Crippen molar-refractivity contribution < 1.29 is 14.5 Å². The molecule has 2 N–H and O–H groups in total. The number of benzene rings is 2. The summed E-state index contributed by atoms with van der Waals surface area (Å²) in [6, 6.07) is 11.4. The van der Waals surface area contributed by atoms with Crippen molar-refractivity contribution >= 4 is 23.0 Å². The first kappa shape index (κ1) is 18.3. The number of hydrogen-bond donors (Lipinski definition) is 2. The fourth-order valence-corrected chi connectivity index (χ4v) is 2.41. The summed E-state index contributed by atoms with van der Waals surface area (Å²) in [6.45, 7) is 3.80. The second-order valence-corrected chi connectivity index (χ2v) is 5.51. The second-order valence-electron chi connectivity index (χ2n) is 5.51. The molecule has 1 amide bonds. The maximum absolute atomic E-state index is 12.4. The lowest BCUT2D eigenvalue weighted by Crippen LogP contribution is -2.32. The van der Waals surface area contributed by atoms with Crippen molar-refractivity contribution in [2.75, 3.05) is 17.7 Å². The lowest BCUT2D eigenvalue weighted by molar-refractivity contribution is -0.384. The van der Waals surface area contributed by atoms with Crippen LogP contribution in [0.4, 0.5) is 17.1 Å². The molecular weight excluding hydrogens is 322 g/mol. The van der Waals surface area contributed by atoms with Crippen LogP contribution >= 0.6 is 0 Å². The molecule has 0 radical (unpaired) electrons. The van der Waals surface area contributed by atoms with Gasteiger partial charge in [0, 0.05) is 11.8 Å². The zero-order chi connectivity index (χ0) is 18.4. The Labute approximate surface area is 146 Å². The quantitative estimate of drug-likeness (QED) is 0.592.